The van der Waals surface area contributed by atoms with Crippen LogP contribution in [0.15, 0.2) is 34.8 Å². The predicted molar refractivity (Wildman–Crippen MR) is 81.6 cm³/mol. The average Bonchev–Trinajstić information content (AvgIpc) is 2.43. The Morgan fingerprint density at radius 1 is 0.857 bits per heavy atom. The number of rotatable bonds is 6. The van der Waals surface area contributed by atoms with Crippen molar-refractivity contribution in [3.05, 3.63) is 34.8 Å². The SMILES string of the molecule is COC(=O)C(CC=C=C(C)C)(CC=C=C(C)C)C(=O)OC. The summed E-state index contributed by atoms with van der Waals surface area (Å²) in [4.78, 5) is 24.3. The smallest absolute Gasteiger partial charge is 0.323 e. The first-order chi connectivity index (χ1) is 9.80. The van der Waals surface area contributed by atoms with Crippen molar-refractivity contribution in [2.45, 2.75) is 40.5 Å². The summed E-state index contributed by atoms with van der Waals surface area (Å²) in [5, 5.41) is 0. The van der Waals surface area contributed by atoms with E-state index in [1.807, 2.05) is 27.7 Å². The van der Waals surface area contributed by atoms with Gasteiger partial charge in [0.05, 0.1) is 14.2 Å². The summed E-state index contributed by atoms with van der Waals surface area (Å²) in [7, 11) is 2.52. The van der Waals surface area contributed by atoms with Crippen molar-refractivity contribution in [1.29, 1.82) is 0 Å². The van der Waals surface area contributed by atoms with Crippen LogP contribution >= 0.6 is 0 Å². The molecule has 4 heteroatoms. The molecule has 0 spiro atoms. The largest absolute Gasteiger partial charge is 0.468 e. The highest BCUT2D eigenvalue weighted by Crippen LogP contribution is 2.31. The first-order valence-corrected chi connectivity index (χ1v) is 6.73. The Balaban J connectivity index is 5.75. The quantitative estimate of drug-likeness (QED) is 0.428. The van der Waals surface area contributed by atoms with E-state index in [1.54, 1.807) is 12.2 Å². The third-order valence-corrected chi connectivity index (χ3v) is 2.83. The Hall–Kier alpha value is -2.02. The Morgan fingerprint density at radius 2 is 1.19 bits per heavy atom. The summed E-state index contributed by atoms with van der Waals surface area (Å²) in [5.74, 6) is -1.24. The van der Waals surface area contributed by atoms with Crippen molar-refractivity contribution in [2.24, 2.45) is 5.41 Å². The molecule has 0 fully saturated rings. The van der Waals surface area contributed by atoms with Crippen LogP contribution < -0.4 is 0 Å². The fraction of sp³-hybridized carbons (Fsp3) is 0.529. The molecule has 0 radical (unpaired) electrons. The number of allylic oxidation sites excluding steroid dienone is 2. The van der Waals surface area contributed by atoms with Crippen molar-refractivity contribution >= 4 is 11.9 Å². The molecule has 0 saturated heterocycles. The molecular formula is C17H24O4. The summed E-state index contributed by atoms with van der Waals surface area (Å²) in [6.45, 7) is 7.55. The molecule has 4 nitrogen and oxygen atoms in total. The zero-order valence-corrected chi connectivity index (χ0v) is 13.7. The van der Waals surface area contributed by atoms with E-state index in [0.717, 1.165) is 11.1 Å². The first-order valence-electron chi connectivity index (χ1n) is 6.73. The Labute approximate surface area is 126 Å². The van der Waals surface area contributed by atoms with Gasteiger partial charge in [0, 0.05) is 0 Å². The maximum absolute atomic E-state index is 12.2. The second-order valence-corrected chi connectivity index (χ2v) is 5.17. The lowest BCUT2D eigenvalue weighted by Crippen LogP contribution is -2.40. The number of esters is 2. The summed E-state index contributed by atoms with van der Waals surface area (Å²) in [6, 6.07) is 0. The Bertz CT molecular complexity index is 457. The topological polar surface area (TPSA) is 52.6 Å². The van der Waals surface area contributed by atoms with Gasteiger partial charge in [-0.1, -0.05) is 0 Å². The number of ether oxygens (including phenoxy) is 2. The minimum atomic E-state index is -1.39. The fourth-order valence-corrected chi connectivity index (χ4v) is 1.75. The molecule has 0 saturated carbocycles. The highest BCUT2D eigenvalue weighted by atomic mass is 16.5. The number of carbonyl (C=O) groups is 2. The lowest BCUT2D eigenvalue weighted by molar-refractivity contribution is -0.168. The Morgan fingerprint density at radius 3 is 1.43 bits per heavy atom. The monoisotopic (exact) mass is 292 g/mol. The summed E-state index contributed by atoms with van der Waals surface area (Å²) in [5.41, 5.74) is 6.51. The van der Waals surface area contributed by atoms with Crippen LogP contribution in [0, 0.1) is 5.41 Å². The molecule has 0 aliphatic carbocycles. The van der Waals surface area contributed by atoms with Crippen molar-refractivity contribution in [3.8, 4) is 0 Å². The minimum absolute atomic E-state index is 0.165. The van der Waals surface area contributed by atoms with Crippen molar-refractivity contribution in [2.75, 3.05) is 14.2 Å². The van der Waals surface area contributed by atoms with Crippen molar-refractivity contribution < 1.29 is 19.1 Å². The van der Waals surface area contributed by atoms with Gasteiger partial charge in [0.1, 0.15) is 0 Å². The maximum atomic E-state index is 12.2. The van der Waals surface area contributed by atoms with Gasteiger partial charge in [0.25, 0.3) is 0 Å². The second kappa shape index (κ2) is 9.02. The van der Waals surface area contributed by atoms with Crippen LogP contribution in [0.1, 0.15) is 40.5 Å². The van der Waals surface area contributed by atoms with Gasteiger partial charge in [-0.05, 0) is 63.8 Å². The molecule has 21 heavy (non-hydrogen) atoms. The maximum Gasteiger partial charge on any atom is 0.323 e. The van der Waals surface area contributed by atoms with Gasteiger partial charge in [-0.15, -0.1) is 11.5 Å². The van der Waals surface area contributed by atoms with E-state index in [0.29, 0.717) is 0 Å². The van der Waals surface area contributed by atoms with E-state index in [4.69, 9.17) is 9.47 Å². The minimum Gasteiger partial charge on any atom is -0.468 e. The molecule has 0 amide bonds. The van der Waals surface area contributed by atoms with Gasteiger partial charge in [-0.25, -0.2) is 0 Å². The zero-order chi connectivity index (χ0) is 16.5. The van der Waals surface area contributed by atoms with Crippen LogP contribution in [0.25, 0.3) is 0 Å². The van der Waals surface area contributed by atoms with Crippen LogP contribution in [0.4, 0.5) is 0 Å². The molecule has 0 heterocycles. The van der Waals surface area contributed by atoms with E-state index >= 15 is 0 Å². The number of hydrogen-bond acceptors (Lipinski definition) is 4. The van der Waals surface area contributed by atoms with Crippen molar-refractivity contribution in [3.63, 3.8) is 0 Å². The highest BCUT2D eigenvalue weighted by molar-refractivity contribution is 6.00. The van der Waals surface area contributed by atoms with Gasteiger partial charge >= 0.3 is 11.9 Å². The number of methoxy groups -OCH3 is 2. The molecule has 0 aliphatic heterocycles. The molecule has 0 atom stereocenters. The molecule has 0 unspecified atom stereocenters. The molecule has 0 rings (SSSR count). The summed E-state index contributed by atoms with van der Waals surface area (Å²) in [6.07, 6.45) is 3.66. The molecule has 0 aromatic carbocycles. The molecule has 116 valence electrons. The molecule has 0 bridgehead atoms. The van der Waals surface area contributed by atoms with E-state index in [2.05, 4.69) is 11.5 Å². The van der Waals surface area contributed by atoms with Gasteiger partial charge in [0.15, 0.2) is 5.41 Å². The standard InChI is InChI=1S/C17H24O4/c1-13(2)9-7-11-17(15(18)20-5,16(19)21-6)12-8-10-14(3)4/h7-8H,11-12H2,1-6H3. The van der Waals surface area contributed by atoms with Crippen LogP contribution in [0.2, 0.25) is 0 Å². The average molecular weight is 292 g/mol. The predicted octanol–water partition coefficient (Wildman–Crippen LogP) is 3.34. The highest BCUT2D eigenvalue weighted by Gasteiger charge is 2.46. The van der Waals surface area contributed by atoms with Gasteiger partial charge in [-0.2, -0.15) is 0 Å². The second-order valence-electron chi connectivity index (χ2n) is 5.17. The van der Waals surface area contributed by atoms with Crippen LogP contribution in [0.3, 0.4) is 0 Å². The molecular weight excluding hydrogens is 268 g/mol. The summed E-state index contributed by atoms with van der Waals surface area (Å²) < 4.78 is 9.61. The molecule has 0 aromatic heterocycles. The van der Waals surface area contributed by atoms with Crippen LogP contribution in [-0.4, -0.2) is 26.2 Å². The molecule has 0 aliphatic rings. The molecule has 0 N–H and O–H groups in total. The lowest BCUT2D eigenvalue weighted by atomic mass is 9.80. The van der Waals surface area contributed by atoms with Gasteiger partial charge < -0.3 is 9.47 Å². The molecule has 0 aromatic rings. The third-order valence-electron chi connectivity index (χ3n) is 2.83. The van der Waals surface area contributed by atoms with E-state index in [-0.39, 0.29) is 12.8 Å². The van der Waals surface area contributed by atoms with Crippen LogP contribution in [0.5, 0.6) is 0 Å². The third kappa shape index (κ3) is 5.86. The van der Waals surface area contributed by atoms with Crippen molar-refractivity contribution in [1.82, 2.24) is 0 Å². The van der Waals surface area contributed by atoms with E-state index in [9.17, 15) is 9.59 Å². The summed E-state index contributed by atoms with van der Waals surface area (Å²) >= 11 is 0. The number of hydrogen-bond donors (Lipinski definition) is 0. The van der Waals surface area contributed by atoms with E-state index < -0.39 is 17.4 Å². The fourth-order valence-electron chi connectivity index (χ4n) is 1.75. The van der Waals surface area contributed by atoms with Gasteiger partial charge in [-0.3, -0.25) is 9.59 Å². The lowest BCUT2D eigenvalue weighted by Gasteiger charge is -2.25. The Kier molecular flexibility index (Phi) is 8.15. The van der Waals surface area contributed by atoms with Gasteiger partial charge in [0.2, 0.25) is 0 Å². The van der Waals surface area contributed by atoms with E-state index in [1.165, 1.54) is 14.2 Å². The van der Waals surface area contributed by atoms with Crippen LogP contribution in [-0.2, 0) is 19.1 Å². The first kappa shape index (κ1) is 19.0. The zero-order valence-electron chi connectivity index (χ0n) is 13.7. The normalized spacial score (nSPS) is 9.81. The number of carbonyl (C=O) groups excluding carboxylic acids is 2.